The number of nitrogens with zero attached hydrogens (tertiary/aromatic N) is 1. The molecule has 2 amide bonds. The second kappa shape index (κ2) is 8.37. The summed E-state index contributed by atoms with van der Waals surface area (Å²) in [4.78, 5) is 13.5. The second-order valence-electron chi connectivity index (χ2n) is 4.36. The molecule has 5 nitrogen and oxygen atoms in total. The van der Waals surface area contributed by atoms with Crippen LogP contribution in [0.4, 0.5) is 10.5 Å². The van der Waals surface area contributed by atoms with Crippen LogP contribution in [0.3, 0.4) is 0 Å². The zero-order valence-corrected chi connectivity index (χ0v) is 11.6. The summed E-state index contributed by atoms with van der Waals surface area (Å²) in [5.74, 6) is 0.760. The minimum atomic E-state index is -0.130. The number of hydrogen-bond donors (Lipinski definition) is 2. The van der Waals surface area contributed by atoms with Gasteiger partial charge in [-0.25, -0.2) is 4.79 Å². The van der Waals surface area contributed by atoms with Crippen LogP contribution < -0.4 is 10.1 Å². The Kier molecular flexibility index (Phi) is 6.74. The van der Waals surface area contributed by atoms with E-state index in [-0.39, 0.29) is 12.6 Å². The molecule has 0 spiro atoms. The number of anilines is 1. The van der Waals surface area contributed by atoms with E-state index in [4.69, 9.17) is 9.84 Å². The number of aliphatic hydroxyl groups is 1. The van der Waals surface area contributed by atoms with Gasteiger partial charge in [0, 0.05) is 25.9 Å². The monoisotopic (exact) mass is 266 g/mol. The molecule has 0 atom stereocenters. The third-order valence-electron chi connectivity index (χ3n) is 2.84. The quantitative estimate of drug-likeness (QED) is 0.744. The van der Waals surface area contributed by atoms with E-state index in [1.165, 1.54) is 0 Å². The molecule has 0 bridgehead atoms. The largest absolute Gasteiger partial charge is 0.497 e. The lowest BCUT2D eigenvalue weighted by molar-refractivity contribution is 0.220. The number of carbonyl (C=O) groups is 1. The van der Waals surface area contributed by atoms with Gasteiger partial charge in [-0.1, -0.05) is 0 Å². The highest BCUT2D eigenvalue weighted by atomic mass is 16.5. The maximum Gasteiger partial charge on any atom is 0.321 e. The van der Waals surface area contributed by atoms with Gasteiger partial charge >= 0.3 is 6.03 Å². The van der Waals surface area contributed by atoms with Crippen molar-refractivity contribution in [3.05, 3.63) is 24.3 Å². The fourth-order valence-electron chi connectivity index (χ4n) is 1.63. The molecule has 0 unspecified atom stereocenters. The fourth-order valence-corrected chi connectivity index (χ4v) is 1.63. The van der Waals surface area contributed by atoms with Gasteiger partial charge in [-0.3, -0.25) is 0 Å². The Hall–Kier alpha value is -1.75. The van der Waals surface area contributed by atoms with E-state index in [0.29, 0.717) is 6.54 Å². The van der Waals surface area contributed by atoms with Gasteiger partial charge in [0.05, 0.1) is 7.11 Å². The molecule has 0 aromatic heterocycles. The number of benzene rings is 1. The summed E-state index contributed by atoms with van der Waals surface area (Å²) in [6.45, 7) is 0.893. The van der Waals surface area contributed by atoms with Crippen LogP contribution in [0.1, 0.15) is 19.3 Å². The molecule has 0 fully saturated rings. The van der Waals surface area contributed by atoms with Crippen molar-refractivity contribution in [2.75, 3.05) is 32.6 Å². The second-order valence-corrected chi connectivity index (χ2v) is 4.36. The lowest BCUT2D eigenvalue weighted by atomic mass is 10.2. The molecule has 1 aromatic carbocycles. The van der Waals surface area contributed by atoms with Crippen molar-refractivity contribution in [3.8, 4) is 5.75 Å². The van der Waals surface area contributed by atoms with Crippen LogP contribution in [0.2, 0.25) is 0 Å². The Morgan fingerprint density at radius 3 is 2.53 bits per heavy atom. The highest BCUT2D eigenvalue weighted by molar-refractivity contribution is 5.89. The molecular formula is C14H22N2O3. The van der Waals surface area contributed by atoms with Gasteiger partial charge in [-0.15, -0.1) is 0 Å². The fraction of sp³-hybridized carbons (Fsp3) is 0.500. The van der Waals surface area contributed by atoms with Gasteiger partial charge in [-0.2, -0.15) is 0 Å². The number of rotatable bonds is 7. The Morgan fingerprint density at radius 1 is 1.26 bits per heavy atom. The van der Waals surface area contributed by atoms with Crippen molar-refractivity contribution < 1.29 is 14.6 Å². The van der Waals surface area contributed by atoms with Gasteiger partial charge < -0.3 is 20.1 Å². The van der Waals surface area contributed by atoms with E-state index in [1.54, 1.807) is 43.3 Å². The third kappa shape index (κ3) is 5.61. The van der Waals surface area contributed by atoms with Gasteiger partial charge in [-0.05, 0) is 43.5 Å². The summed E-state index contributed by atoms with van der Waals surface area (Å²) in [5, 5.41) is 11.5. The Morgan fingerprint density at radius 2 is 1.95 bits per heavy atom. The van der Waals surface area contributed by atoms with Crippen LogP contribution in [0.5, 0.6) is 5.75 Å². The maximum absolute atomic E-state index is 11.9. The first-order valence-electron chi connectivity index (χ1n) is 6.44. The normalized spacial score (nSPS) is 10.1. The molecule has 19 heavy (non-hydrogen) atoms. The average molecular weight is 266 g/mol. The minimum Gasteiger partial charge on any atom is -0.497 e. The van der Waals surface area contributed by atoms with E-state index >= 15 is 0 Å². The summed E-state index contributed by atoms with van der Waals surface area (Å²) < 4.78 is 5.05. The first-order chi connectivity index (χ1) is 9.17. The van der Waals surface area contributed by atoms with Crippen LogP contribution in [-0.4, -0.2) is 43.3 Å². The summed E-state index contributed by atoms with van der Waals surface area (Å²) in [6.07, 6.45) is 2.61. The number of nitrogens with one attached hydrogen (secondary N) is 1. The average Bonchev–Trinajstić information content (AvgIpc) is 2.44. The van der Waals surface area contributed by atoms with E-state index < -0.39 is 0 Å². The lowest BCUT2D eigenvalue weighted by Gasteiger charge is -2.17. The number of unbranched alkanes of at least 4 members (excludes halogenated alkanes) is 2. The van der Waals surface area contributed by atoms with Crippen LogP contribution >= 0.6 is 0 Å². The zero-order chi connectivity index (χ0) is 14.1. The number of carbonyl (C=O) groups excluding carboxylic acids is 1. The van der Waals surface area contributed by atoms with Crippen molar-refractivity contribution in [2.45, 2.75) is 19.3 Å². The van der Waals surface area contributed by atoms with Gasteiger partial charge in [0.15, 0.2) is 0 Å². The molecule has 106 valence electrons. The molecule has 0 aliphatic rings. The van der Waals surface area contributed by atoms with Crippen molar-refractivity contribution in [2.24, 2.45) is 0 Å². The molecular weight excluding hydrogens is 244 g/mol. The van der Waals surface area contributed by atoms with Gasteiger partial charge in [0.25, 0.3) is 0 Å². The maximum atomic E-state index is 11.9. The topological polar surface area (TPSA) is 61.8 Å². The van der Waals surface area contributed by atoms with Crippen molar-refractivity contribution in [1.82, 2.24) is 4.90 Å². The van der Waals surface area contributed by atoms with Crippen molar-refractivity contribution >= 4 is 11.7 Å². The van der Waals surface area contributed by atoms with Gasteiger partial charge in [0.2, 0.25) is 0 Å². The Balaban J connectivity index is 2.36. The summed E-state index contributed by atoms with van der Waals surface area (Å²) in [7, 11) is 3.37. The van der Waals surface area contributed by atoms with Crippen molar-refractivity contribution in [3.63, 3.8) is 0 Å². The molecule has 0 heterocycles. The van der Waals surface area contributed by atoms with E-state index in [1.807, 2.05) is 0 Å². The van der Waals surface area contributed by atoms with E-state index in [0.717, 1.165) is 30.7 Å². The standard InChI is InChI=1S/C14H22N2O3/c1-16(10-4-3-5-11-17)14(18)15-12-6-8-13(19-2)9-7-12/h6-9,17H,3-5,10-11H2,1-2H3,(H,15,18). The SMILES string of the molecule is COc1ccc(NC(=O)N(C)CCCCCO)cc1. The highest BCUT2D eigenvalue weighted by Gasteiger charge is 2.08. The Labute approximate surface area is 114 Å². The third-order valence-corrected chi connectivity index (χ3v) is 2.84. The molecule has 1 rings (SSSR count). The minimum absolute atomic E-state index is 0.130. The molecule has 0 aliphatic carbocycles. The molecule has 0 radical (unpaired) electrons. The highest BCUT2D eigenvalue weighted by Crippen LogP contribution is 2.15. The van der Waals surface area contributed by atoms with Crippen LogP contribution in [-0.2, 0) is 0 Å². The lowest BCUT2D eigenvalue weighted by Crippen LogP contribution is -2.32. The first-order valence-corrected chi connectivity index (χ1v) is 6.44. The molecule has 5 heteroatoms. The number of aliphatic hydroxyl groups excluding tert-OH is 1. The van der Waals surface area contributed by atoms with Crippen molar-refractivity contribution in [1.29, 1.82) is 0 Å². The molecule has 0 saturated carbocycles. The predicted octanol–water partition coefficient (Wildman–Crippen LogP) is 2.32. The number of amides is 2. The van der Waals surface area contributed by atoms with Gasteiger partial charge in [0.1, 0.15) is 5.75 Å². The number of urea groups is 1. The molecule has 0 aliphatic heterocycles. The zero-order valence-electron chi connectivity index (χ0n) is 11.6. The van der Waals surface area contributed by atoms with Crippen LogP contribution in [0, 0.1) is 0 Å². The number of methoxy groups -OCH3 is 1. The smallest absolute Gasteiger partial charge is 0.321 e. The van der Waals surface area contributed by atoms with E-state index in [9.17, 15) is 4.79 Å². The number of ether oxygens (including phenoxy) is 1. The van der Waals surface area contributed by atoms with Crippen LogP contribution in [0.15, 0.2) is 24.3 Å². The predicted molar refractivity (Wildman–Crippen MR) is 75.6 cm³/mol. The summed E-state index contributed by atoms with van der Waals surface area (Å²) >= 11 is 0. The molecule has 2 N–H and O–H groups in total. The molecule has 0 saturated heterocycles. The summed E-state index contributed by atoms with van der Waals surface area (Å²) in [5.41, 5.74) is 0.744. The number of hydrogen-bond acceptors (Lipinski definition) is 3. The van der Waals surface area contributed by atoms with E-state index in [2.05, 4.69) is 5.32 Å². The molecule has 1 aromatic rings. The summed E-state index contributed by atoms with van der Waals surface area (Å²) in [6, 6.07) is 7.08. The first kappa shape index (κ1) is 15.3. The van der Waals surface area contributed by atoms with Crippen LogP contribution in [0.25, 0.3) is 0 Å². The Bertz CT molecular complexity index is 379.